The summed E-state index contributed by atoms with van der Waals surface area (Å²) in [6.45, 7) is 4.97. The van der Waals surface area contributed by atoms with E-state index < -0.39 is 23.1 Å². The van der Waals surface area contributed by atoms with E-state index in [1.165, 1.54) is 18.5 Å². The molecule has 9 heteroatoms. The zero-order valence-corrected chi connectivity index (χ0v) is 19.9. The molecule has 2 aromatic heterocycles. The first-order valence-electron chi connectivity index (χ1n) is 11.8. The lowest BCUT2D eigenvalue weighted by Gasteiger charge is -2.52. The summed E-state index contributed by atoms with van der Waals surface area (Å²) < 4.78 is 30.6. The van der Waals surface area contributed by atoms with Gasteiger partial charge in [0, 0.05) is 49.1 Å². The third-order valence-corrected chi connectivity index (χ3v) is 7.19. The van der Waals surface area contributed by atoms with Crippen molar-refractivity contribution >= 4 is 11.7 Å². The van der Waals surface area contributed by atoms with Crippen LogP contribution >= 0.6 is 0 Å². The van der Waals surface area contributed by atoms with E-state index in [2.05, 4.69) is 26.9 Å². The number of likely N-dealkylation sites (tertiary alicyclic amines) is 2. The first kappa shape index (κ1) is 23.3. The van der Waals surface area contributed by atoms with Crippen molar-refractivity contribution in [2.45, 2.75) is 26.2 Å². The molecule has 2 fully saturated rings. The average molecular weight is 479 g/mol. The lowest BCUT2D eigenvalue weighted by Crippen LogP contribution is -2.59. The highest BCUT2D eigenvalue weighted by atomic mass is 19.1. The Labute approximate surface area is 203 Å². The normalized spacial score (nSPS) is 17.4. The first-order chi connectivity index (χ1) is 16.8. The van der Waals surface area contributed by atoms with Crippen LogP contribution in [-0.4, -0.2) is 63.9 Å². The van der Waals surface area contributed by atoms with Crippen LogP contribution in [0.4, 0.5) is 14.6 Å². The summed E-state index contributed by atoms with van der Waals surface area (Å²) in [6, 6.07) is 5.79. The number of hydrogen-bond donors (Lipinski definition) is 1. The van der Waals surface area contributed by atoms with Gasteiger partial charge in [-0.2, -0.15) is 0 Å². The summed E-state index contributed by atoms with van der Waals surface area (Å²) in [5, 5.41) is 0. The molecule has 2 saturated heterocycles. The third kappa shape index (κ3) is 4.25. The first-order valence-corrected chi connectivity index (χ1v) is 11.8. The van der Waals surface area contributed by atoms with E-state index in [-0.39, 0.29) is 11.0 Å². The van der Waals surface area contributed by atoms with Crippen LogP contribution in [0, 0.1) is 17.0 Å². The molecule has 2 aliphatic rings. The molecule has 2 aliphatic heterocycles. The largest absolute Gasteiger partial charge is 0.384 e. The molecule has 4 heterocycles. The number of carbonyl (C=O) groups is 1. The van der Waals surface area contributed by atoms with Gasteiger partial charge < -0.3 is 15.5 Å². The van der Waals surface area contributed by atoms with Crippen molar-refractivity contribution in [2.75, 3.05) is 39.0 Å². The van der Waals surface area contributed by atoms with Gasteiger partial charge in [0.2, 0.25) is 0 Å². The van der Waals surface area contributed by atoms with E-state index in [1.54, 1.807) is 23.2 Å². The summed E-state index contributed by atoms with van der Waals surface area (Å²) >= 11 is 0. The average Bonchev–Trinajstić information content (AvgIpc) is 2.83. The van der Waals surface area contributed by atoms with Crippen LogP contribution in [0.25, 0.3) is 22.4 Å². The predicted molar refractivity (Wildman–Crippen MR) is 129 cm³/mol. The fourth-order valence-corrected chi connectivity index (χ4v) is 5.44. The summed E-state index contributed by atoms with van der Waals surface area (Å²) in [5.41, 5.74) is 8.08. The molecule has 5 rings (SSSR count). The van der Waals surface area contributed by atoms with Crippen molar-refractivity contribution in [2.24, 2.45) is 5.41 Å². The fraction of sp³-hybridized carbons (Fsp3) is 0.385. The summed E-state index contributed by atoms with van der Waals surface area (Å²) in [4.78, 5) is 29.7. The number of halogens is 2. The van der Waals surface area contributed by atoms with Crippen LogP contribution in [0.15, 0.2) is 36.8 Å². The lowest BCUT2D eigenvalue weighted by atomic mass is 9.72. The lowest BCUT2D eigenvalue weighted by molar-refractivity contribution is -0.0270. The minimum atomic E-state index is -0.897. The second-order valence-electron chi connectivity index (χ2n) is 9.65. The van der Waals surface area contributed by atoms with Crippen LogP contribution in [0.3, 0.4) is 0 Å². The van der Waals surface area contributed by atoms with Crippen molar-refractivity contribution in [1.82, 2.24) is 24.8 Å². The van der Waals surface area contributed by atoms with Crippen molar-refractivity contribution in [3.05, 3.63) is 59.7 Å². The topological polar surface area (TPSA) is 88.2 Å². The number of nitrogens with zero attached hydrogens (tertiary/aromatic N) is 5. The molecule has 0 saturated carbocycles. The number of nitrogens with two attached hydrogens (primary N) is 1. The number of benzene rings is 1. The molecule has 3 aromatic rings. The van der Waals surface area contributed by atoms with E-state index in [0.29, 0.717) is 47.8 Å². The Hall–Kier alpha value is -3.46. The highest BCUT2D eigenvalue weighted by Gasteiger charge is 2.44. The van der Waals surface area contributed by atoms with E-state index in [9.17, 15) is 4.79 Å². The minimum Gasteiger partial charge on any atom is -0.384 e. The second kappa shape index (κ2) is 8.96. The number of carbonyl (C=O) groups excluding carboxylic acids is 1. The van der Waals surface area contributed by atoms with E-state index in [0.717, 1.165) is 25.9 Å². The quantitative estimate of drug-likeness (QED) is 0.614. The van der Waals surface area contributed by atoms with Gasteiger partial charge in [-0.1, -0.05) is 6.92 Å². The molecule has 0 aliphatic carbocycles. The van der Waals surface area contributed by atoms with E-state index in [4.69, 9.17) is 5.73 Å². The van der Waals surface area contributed by atoms with Gasteiger partial charge in [-0.25, -0.2) is 23.7 Å². The molecule has 0 unspecified atom stereocenters. The number of rotatable bonds is 4. The maximum absolute atomic E-state index is 15.3. The van der Waals surface area contributed by atoms with Crippen molar-refractivity contribution in [1.29, 1.82) is 0 Å². The van der Waals surface area contributed by atoms with Crippen molar-refractivity contribution in [3.8, 4) is 22.4 Å². The number of anilines is 1. The van der Waals surface area contributed by atoms with Gasteiger partial charge in [0.25, 0.3) is 5.91 Å². The third-order valence-electron chi connectivity index (χ3n) is 7.19. The molecule has 0 atom stereocenters. The Bertz CT molecular complexity index is 1240. The predicted octanol–water partition coefficient (Wildman–Crippen LogP) is 3.80. The van der Waals surface area contributed by atoms with Crippen LogP contribution in [0.2, 0.25) is 0 Å². The highest BCUT2D eigenvalue weighted by Crippen LogP contribution is 2.40. The number of hydrogen-bond acceptors (Lipinski definition) is 6. The second-order valence-corrected chi connectivity index (χ2v) is 9.65. The number of amides is 1. The minimum absolute atomic E-state index is 0.232. The highest BCUT2D eigenvalue weighted by molar-refractivity contribution is 5.96. The molecule has 1 aromatic carbocycles. The number of pyridine rings is 1. The molecule has 35 heavy (non-hydrogen) atoms. The Morgan fingerprint density at radius 1 is 1.06 bits per heavy atom. The van der Waals surface area contributed by atoms with Crippen LogP contribution in [0.5, 0.6) is 0 Å². The van der Waals surface area contributed by atoms with Gasteiger partial charge in [0.05, 0.1) is 11.4 Å². The molecule has 1 amide bonds. The summed E-state index contributed by atoms with van der Waals surface area (Å²) in [5.74, 6) is -2.04. The standard InChI is InChI=1S/C26H28F2N6O/c1-3-20-22(16-4-5-21(29)30-12-16)24(32-15-31-20)17-10-18(27)23(19(28)11-17)25(35)34-8-6-26(7-9-34)13-33(2)14-26/h4-5,10-12,15H,3,6-9,13-14H2,1-2H3,(H2,29,30). The Balaban J connectivity index is 1.47. The SMILES string of the molecule is CCc1ncnc(-c2cc(F)c(C(=O)N3CCC4(CC3)CN(C)C4)c(F)c2)c1-c1ccc(N)nc1. The fourth-order valence-electron chi connectivity index (χ4n) is 5.44. The molecule has 7 nitrogen and oxygen atoms in total. The smallest absolute Gasteiger partial charge is 0.259 e. The van der Waals surface area contributed by atoms with Gasteiger partial charge in [-0.15, -0.1) is 0 Å². The maximum atomic E-state index is 15.3. The Morgan fingerprint density at radius 3 is 2.31 bits per heavy atom. The zero-order chi connectivity index (χ0) is 24.7. The maximum Gasteiger partial charge on any atom is 0.259 e. The molecule has 1 spiro atoms. The summed E-state index contributed by atoms with van der Waals surface area (Å²) in [7, 11) is 2.07. The van der Waals surface area contributed by atoms with Gasteiger partial charge >= 0.3 is 0 Å². The Kier molecular flexibility index (Phi) is 5.96. The molecular weight excluding hydrogens is 450 g/mol. The number of piperidine rings is 1. The van der Waals surface area contributed by atoms with Crippen molar-refractivity contribution < 1.29 is 13.6 Å². The van der Waals surface area contributed by atoms with Crippen LogP contribution < -0.4 is 5.73 Å². The zero-order valence-electron chi connectivity index (χ0n) is 19.9. The monoisotopic (exact) mass is 478 g/mol. The molecule has 0 bridgehead atoms. The van der Waals surface area contributed by atoms with E-state index >= 15 is 8.78 Å². The van der Waals surface area contributed by atoms with Crippen LogP contribution in [-0.2, 0) is 6.42 Å². The number of aryl methyl sites for hydroxylation is 1. The van der Waals surface area contributed by atoms with Gasteiger partial charge in [-0.3, -0.25) is 4.79 Å². The summed E-state index contributed by atoms with van der Waals surface area (Å²) in [6.07, 6.45) is 5.25. The molecule has 182 valence electrons. The van der Waals surface area contributed by atoms with E-state index in [1.807, 2.05) is 6.92 Å². The van der Waals surface area contributed by atoms with Gasteiger partial charge in [-0.05, 0) is 56.0 Å². The van der Waals surface area contributed by atoms with Gasteiger partial charge in [0.15, 0.2) is 0 Å². The van der Waals surface area contributed by atoms with Gasteiger partial charge in [0.1, 0.15) is 29.3 Å². The Morgan fingerprint density at radius 2 is 1.74 bits per heavy atom. The molecule has 2 N–H and O–H groups in total. The number of aromatic nitrogens is 3. The van der Waals surface area contributed by atoms with Crippen LogP contribution in [0.1, 0.15) is 35.8 Å². The number of nitrogen functional groups attached to an aromatic ring is 1. The molecule has 0 radical (unpaired) electrons. The van der Waals surface area contributed by atoms with Crippen molar-refractivity contribution in [3.63, 3.8) is 0 Å². The molecular formula is C26H28F2N6O.